The van der Waals surface area contributed by atoms with Gasteiger partial charge in [0.25, 0.3) is 5.56 Å². The minimum atomic E-state index is -0.838. The molecule has 142 valence electrons. The minimum Gasteiger partial charge on any atom is -0.267 e. The van der Waals surface area contributed by atoms with Crippen molar-refractivity contribution in [1.29, 1.82) is 5.26 Å². The molecule has 0 aliphatic rings. The first-order valence-electron chi connectivity index (χ1n) is 8.95. The summed E-state index contributed by atoms with van der Waals surface area (Å²) in [5, 5.41) is 16.8. The maximum absolute atomic E-state index is 13.2. The molecule has 0 bridgehead atoms. The van der Waals surface area contributed by atoms with Gasteiger partial charge >= 0.3 is 0 Å². The summed E-state index contributed by atoms with van der Waals surface area (Å²) >= 11 is 12.4. The monoisotopic (exact) mass is 419 g/mol. The zero-order chi connectivity index (χ0) is 20.4. The highest BCUT2D eigenvalue weighted by Gasteiger charge is 2.23. The summed E-state index contributed by atoms with van der Waals surface area (Å²) in [5.74, 6) is -0.838. The molecule has 4 rings (SSSR count). The molecule has 0 aliphatic carbocycles. The van der Waals surface area contributed by atoms with Crippen LogP contribution in [0.3, 0.4) is 0 Å². The highest BCUT2D eigenvalue weighted by Crippen LogP contribution is 2.28. The van der Waals surface area contributed by atoms with Gasteiger partial charge in [-0.15, -0.1) is 0 Å². The standard InChI is InChI=1S/C23H15Cl2N3O/c24-18-9-4-7-16(11-18)20(12-26)22-21(25)13-27-28(23(22)29)14-17-8-3-6-15-5-1-2-10-19(15)17/h1-11,13,20H,14H2. The van der Waals surface area contributed by atoms with E-state index < -0.39 is 11.5 Å². The van der Waals surface area contributed by atoms with Gasteiger partial charge in [-0.05, 0) is 34.0 Å². The number of aromatic nitrogens is 2. The lowest BCUT2D eigenvalue weighted by Crippen LogP contribution is -2.28. The van der Waals surface area contributed by atoms with Gasteiger partial charge in [0.1, 0.15) is 5.92 Å². The van der Waals surface area contributed by atoms with E-state index in [2.05, 4.69) is 11.2 Å². The summed E-state index contributed by atoms with van der Waals surface area (Å²) in [5.41, 5.74) is 1.38. The van der Waals surface area contributed by atoms with Gasteiger partial charge in [0.2, 0.25) is 0 Å². The fourth-order valence-electron chi connectivity index (χ4n) is 3.44. The van der Waals surface area contributed by atoms with E-state index in [9.17, 15) is 10.1 Å². The fraction of sp³-hybridized carbons (Fsp3) is 0.0870. The summed E-state index contributed by atoms with van der Waals surface area (Å²) < 4.78 is 1.35. The van der Waals surface area contributed by atoms with Crippen molar-refractivity contribution < 1.29 is 0 Å². The van der Waals surface area contributed by atoms with E-state index >= 15 is 0 Å². The van der Waals surface area contributed by atoms with Gasteiger partial charge in [-0.3, -0.25) is 4.79 Å². The first-order chi connectivity index (χ1) is 14.1. The van der Waals surface area contributed by atoms with Crippen LogP contribution in [0.2, 0.25) is 10.0 Å². The molecule has 29 heavy (non-hydrogen) atoms. The van der Waals surface area contributed by atoms with Crippen molar-refractivity contribution in [3.63, 3.8) is 0 Å². The van der Waals surface area contributed by atoms with Crippen LogP contribution in [0.4, 0.5) is 0 Å². The van der Waals surface area contributed by atoms with Gasteiger partial charge in [-0.1, -0.05) is 77.8 Å². The Kier molecular flexibility index (Phi) is 5.35. The summed E-state index contributed by atoms with van der Waals surface area (Å²) in [6, 6.07) is 23.0. The third-order valence-electron chi connectivity index (χ3n) is 4.83. The minimum absolute atomic E-state index is 0.163. The number of halogens is 2. The normalized spacial score (nSPS) is 11.9. The maximum atomic E-state index is 13.2. The molecule has 0 amide bonds. The molecule has 0 saturated carbocycles. The van der Waals surface area contributed by atoms with Crippen LogP contribution in [0.5, 0.6) is 0 Å². The van der Waals surface area contributed by atoms with E-state index in [-0.39, 0.29) is 17.1 Å². The highest BCUT2D eigenvalue weighted by atomic mass is 35.5. The van der Waals surface area contributed by atoms with Crippen LogP contribution < -0.4 is 5.56 Å². The van der Waals surface area contributed by atoms with Crippen LogP contribution >= 0.6 is 23.2 Å². The molecule has 0 spiro atoms. The number of fused-ring (bicyclic) bond motifs is 1. The highest BCUT2D eigenvalue weighted by molar-refractivity contribution is 6.31. The van der Waals surface area contributed by atoms with Gasteiger partial charge in [-0.25, -0.2) is 4.68 Å². The molecule has 1 aromatic heterocycles. The van der Waals surface area contributed by atoms with Gasteiger partial charge in [0, 0.05) is 5.02 Å². The van der Waals surface area contributed by atoms with Crippen molar-refractivity contribution in [2.75, 3.05) is 0 Å². The first-order valence-corrected chi connectivity index (χ1v) is 9.71. The zero-order valence-corrected chi connectivity index (χ0v) is 16.7. The zero-order valence-electron chi connectivity index (χ0n) is 15.2. The molecule has 3 aromatic carbocycles. The maximum Gasteiger partial charge on any atom is 0.273 e. The number of rotatable bonds is 4. The smallest absolute Gasteiger partial charge is 0.267 e. The molecule has 1 heterocycles. The lowest BCUT2D eigenvalue weighted by molar-refractivity contribution is 0.631. The second-order valence-electron chi connectivity index (χ2n) is 6.62. The van der Waals surface area contributed by atoms with E-state index in [0.717, 1.165) is 16.3 Å². The van der Waals surface area contributed by atoms with Gasteiger partial charge in [-0.2, -0.15) is 10.4 Å². The molecule has 1 unspecified atom stereocenters. The van der Waals surface area contributed by atoms with E-state index in [1.165, 1.54) is 10.9 Å². The summed E-state index contributed by atoms with van der Waals surface area (Å²) in [6.07, 6.45) is 1.41. The van der Waals surface area contributed by atoms with Crippen molar-refractivity contribution >= 4 is 34.0 Å². The first kappa shape index (κ1) is 19.2. The molecular formula is C23H15Cl2N3O. The van der Waals surface area contributed by atoms with Gasteiger partial charge < -0.3 is 0 Å². The SMILES string of the molecule is N#CC(c1cccc(Cl)c1)c1c(Cl)cnn(Cc2cccc3ccccc23)c1=O. The van der Waals surface area contributed by atoms with Crippen molar-refractivity contribution in [2.24, 2.45) is 0 Å². The van der Waals surface area contributed by atoms with Crippen molar-refractivity contribution in [2.45, 2.75) is 12.5 Å². The van der Waals surface area contributed by atoms with Crippen LogP contribution in [-0.2, 0) is 6.54 Å². The third kappa shape index (κ3) is 3.75. The van der Waals surface area contributed by atoms with Crippen LogP contribution in [-0.4, -0.2) is 9.78 Å². The van der Waals surface area contributed by atoms with Gasteiger partial charge in [0.05, 0.1) is 29.4 Å². The molecule has 0 aliphatic heterocycles. The molecule has 0 saturated heterocycles. The predicted octanol–water partition coefficient (Wildman–Crippen LogP) is 5.41. The van der Waals surface area contributed by atoms with E-state index in [1.807, 2.05) is 42.5 Å². The molecule has 4 aromatic rings. The number of benzene rings is 3. The largest absolute Gasteiger partial charge is 0.273 e. The van der Waals surface area contributed by atoms with Crippen LogP contribution in [0.15, 0.2) is 77.7 Å². The molecule has 0 radical (unpaired) electrons. The van der Waals surface area contributed by atoms with Crippen molar-refractivity contribution in [1.82, 2.24) is 9.78 Å². The lowest BCUT2D eigenvalue weighted by Gasteiger charge is -2.14. The number of nitriles is 1. The van der Waals surface area contributed by atoms with Crippen molar-refractivity contribution in [3.8, 4) is 6.07 Å². The Labute approximate surface area is 177 Å². The van der Waals surface area contributed by atoms with Crippen molar-refractivity contribution in [3.05, 3.63) is 110 Å². The Hall–Kier alpha value is -3.13. The summed E-state index contributed by atoms with van der Waals surface area (Å²) in [7, 11) is 0. The Bertz CT molecular complexity index is 1300. The second-order valence-corrected chi connectivity index (χ2v) is 7.47. The molecule has 1 atom stereocenters. The quantitative estimate of drug-likeness (QED) is 0.444. The van der Waals surface area contributed by atoms with Crippen LogP contribution in [0, 0.1) is 11.3 Å². The molecular weight excluding hydrogens is 405 g/mol. The number of hydrogen-bond acceptors (Lipinski definition) is 3. The molecule has 0 N–H and O–H groups in total. The van der Waals surface area contributed by atoms with Gasteiger partial charge in [0.15, 0.2) is 0 Å². The van der Waals surface area contributed by atoms with E-state index in [1.54, 1.807) is 24.3 Å². The fourth-order valence-corrected chi connectivity index (χ4v) is 3.87. The molecule has 0 fully saturated rings. The third-order valence-corrected chi connectivity index (χ3v) is 5.37. The molecule has 4 nitrogen and oxygen atoms in total. The summed E-state index contributed by atoms with van der Waals surface area (Å²) in [4.78, 5) is 13.2. The second kappa shape index (κ2) is 8.08. The predicted molar refractivity (Wildman–Crippen MR) is 115 cm³/mol. The van der Waals surface area contributed by atoms with Crippen LogP contribution in [0.1, 0.15) is 22.6 Å². The molecule has 6 heteroatoms. The van der Waals surface area contributed by atoms with Crippen LogP contribution in [0.25, 0.3) is 10.8 Å². The number of hydrogen-bond donors (Lipinski definition) is 0. The Morgan fingerprint density at radius 2 is 1.79 bits per heavy atom. The Morgan fingerprint density at radius 3 is 2.59 bits per heavy atom. The topological polar surface area (TPSA) is 58.7 Å². The average Bonchev–Trinajstić information content (AvgIpc) is 2.73. The number of nitrogens with zero attached hydrogens (tertiary/aromatic N) is 3. The summed E-state index contributed by atoms with van der Waals surface area (Å²) in [6.45, 7) is 0.276. The van der Waals surface area contributed by atoms with E-state index in [4.69, 9.17) is 23.2 Å². The lowest BCUT2D eigenvalue weighted by atomic mass is 9.94. The van der Waals surface area contributed by atoms with E-state index in [0.29, 0.717) is 10.6 Å². The Morgan fingerprint density at radius 1 is 1.03 bits per heavy atom. The Balaban J connectivity index is 1.81. The average molecular weight is 420 g/mol.